The number of nitrogens with zero attached hydrogens (tertiary/aromatic N) is 1. The number of non-ortho nitro benzene ring substituents is 1. The molecule has 2 rings (SSSR count). The summed E-state index contributed by atoms with van der Waals surface area (Å²) < 4.78 is 0. The van der Waals surface area contributed by atoms with E-state index in [-0.39, 0.29) is 5.69 Å². The van der Waals surface area contributed by atoms with E-state index in [9.17, 15) is 10.1 Å². The fourth-order valence-electron chi connectivity index (χ4n) is 3.18. The molecule has 0 radical (unpaired) electrons. The van der Waals surface area contributed by atoms with Crippen molar-refractivity contribution in [3.05, 3.63) is 38.9 Å². The van der Waals surface area contributed by atoms with Gasteiger partial charge in [-0.05, 0) is 49.0 Å². The SMILES string of the molecule is CC(C)C1CCC(Br)C(Cc2ccc([N+](=O)[O-])cc2Cl)C1. The molecule has 1 aliphatic rings. The van der Waals surface area contributed by atoms with Crippen LogP contribution in [0.3, 0.4) is 0 Å². The van der Waals surface area contributed by atoms with E-state index in [2.05, 4.69) is 29.8 Å². The van der Waals surface area contributed by atoms with Crippen molar-refractivity contribution in [2.45, 2.75) is 44.4 Å². The average Bonchev–Trinajstić information content (AvgIpc) is 2.42. The summed E-state index contributed by atoms with van der Waals surface area (Å²) in [4.78, 5) is 10.9. The summed E-state index contributed by atoms with van der Waals surface area (Å²) in [6.07, 6.45) is 4.55. The van der Waals surface area contributed by atoms with Gasteiger partial charge < -0.3 is 0 Å². The van der Waals surface area contributed by atoms with Crippen LogP contribution in [0.2, 0.25) is 5.02 Å². The third-order valence-electron chi connectivity index (χ3n) is 4.60. The van der Waals surface area contributed by atoms with Gasteiger partial charge in [-0.15, -0.1) is 0 Å². The lowest BCUT2D eigenvalue weighted by atomic mass is 9.74. The van der Waals surface area contributed by atoms with Crippen LogP contribution in [0.4, 0.5) is 5.69 Å². The Kier molecular flexibility index (Phi) is 5.67. The molecule has 1 aromatic carbocycles. The van der Waals surface area contributed by atoms with Crippen LogP contribution in [0.5, 0.6) is 0 Å². The van der Waals surface area contributed by atoms with E-state index in [1.807, 2.05) is 0 Å². The lowest BCUT2D eigenvalue weighted by molar-refractivity contribution is -0.384. The van der Waals surface area contributed by atoms with Crippen LogP contribution < -0.4 is 0 Å². The number of hydrogen-bond acceptors (Lipinski definition) is 2. The standard InChI is InChI=1S/C16H21BrClNO2/c1-10(2)11-4-6-15(17)13(7-11)8-12-3-5-14(19(20)21)9-16(12)18/h3,5,9-11,13,15H,4,6-8H2,1-2H3. The van der Waals surface area contributed by atoms with Gasteiger partial charge >= 0.3 is 0 Å². The van der Waals surface area contributed by atoms with Crippen LogP contribution in [-0.4, -0.2) is 9.75 Å². The van der Waals surface area contributed by atoms with E-state index in [1.54, 1.807) is 12.1 Å². The third kappa shape index (κ3) is 4.19. The first-order valence-electron chi connectivity index (χ1n) is 7.45. The van der Waals surface area contributed by atoms with Crippen LogP contribution >= 0.6 is 27.5 Å². The molecule has 1 aliphatic carbocycles. The van der Waals surface area contributed by atoms with Crippen molar-refractivity contribution in [1.82, 2.24) is 0 Å². The number of nitro benzene ring substituents is 1. The van der Waals surface area contributed by atoms with Gasteiger partial charge in [0, 0.05) is 17.0 Å². The number of halogens is 2. The van der Waals surface area contributed by atoms with E-state index in [0.717, 1.165) is 17.9 Å². The molecular formula is C16H21BrClNO2. The first-order chi connectivity index (χ1) is 9.88. The summed E-state index contributed by atoms with van der Waals surface area (Å²) >= 11 is 10.0. The Hall–Kier alpha value is -0.610. The van der Waals surface area contributed by atoms with Crippen LogP contribution in [0, 0.1) is 27.9 Å². The topological polar surface area (TPSA) is 43.1 Å². The number of benzene rings is 1. The summed E-state index contributed by atoms with van der Waals surface area (Å²) in [5.41, 5.74) is 1.07. The predicted octanol–water partition coefficient (Wildman–Crippen LogP) is 5.63. The van der Waals surface area contributed by atoms with Crippen molar-refractivity contribution < 1.29 is 4.92 Å². The summed E-state index contributed by atoms with van der Waals surface area (Å²) in [7, 11) is 0. The highest BCUT2D eigenvalue weighted by atomic mass is 79.9. The molecule has 0 aliphatic heterocycles. The van der Waals surface area contributed by atoms with Crippen LogP contribution in [0.25, 0.3) is 0 Å². The molecule has 0 spiro atoms. The van der Waals surface area contributed by atoms with Gasteiger partial charge in [-0.1, -0.05) is 47.4 Å². The molecule has 0 saturated heterocycles. The number of nitro groups is 1. The molecule has 0 aromatic heterocycles. The number of rotatable bonds is 4. The van der Waals surface area contributed by atoms with Crippen LogP contribution in [-0.2, 0) is 6.42 Å². The van der Waals surface area contributed by atoms with E-state index in [1.165, 1.54) is 25.3 Å². The highest BCUT2D eigenvalue weighted by Crippen LogP contribution is 2.39. The molecule has 1 aromatic rings. The molecule has 0 amide bonds. The monoisotopic (exact) mass is 373 g/mol. The molecular weight excluding hydrogens is 354 g/mol. The average molecular weight is 375 g/mol. The molecule has 1 fully saturated rings. The smallest absolute Gasteiger partial charge is 0.258 e. The van der Waals surface area contributed by atoms with Crippen LogP contribution in [0.1, 0.15) is 38.7 Å². The number of hydrogen-bond donors (Lipinski definition) is 0. The Morgan fingerprint density at radius 2 is 2.14 bits per heavy atom. The molecule has 1 saturated carbocycles. The Morgan fingerprint density at radius 3 is 2.71 bits per heavy atom. The maximum atomic E-state index is 10.8. The Bertz CT molecular complexity index is 521. The fourth-order valence-corrected chi connectivity index (χ4v) is 4.10. The molecule has 0 heterocycles. The Morgan fingerprint density at radius 1 is 1.43 bits per heavy atom. The molecule has 3 unspecified atom stereocenters. The number of alkyl halides is 1. The highest BCUT2D eigenvalue weighted by molar-refractivity contribution is 9.09. The normalized spacial score (nSPS) is 26.0. The van der Waals surface area contributed by atoms with Crippen molar-refractivity contribution >= 4 is 33.2 Å². The summed E-state index contributed by atoms with van der Waals surface area (Å²) in [6.45, 7) is 4.57. The van der Waals surface area contributed by atoms with Gasteiger partial charge in [0.1, 0.15) is 0 Å². The van der Waals surface area contributed by atoms with Crippen molar-refractivity contribution in [3.8, 4) is 0 Å². The molecule has 116 valence electrons. The summed E-state index contributed by atoms with van der Waals surface area (Å²) in [5, 5.41) is 11.3. The van der Waals surface area contributed by atoms with E-state index in [0.29, 0.717) is 21.7 Å². The fraction of sp³-hybridized carbons (Fsp3) is 0.625. The second kappa shape index (κ2) is 7.10. The van der Waals surface area contributed by atoms with Crippen molar-refractivity contribution in [2.75, 3.05) is 0 Å². The Labute approximate surface area is 139 Å². The summed E-state index contributed by atoms with van der Waals surface area (Å²) in [6, 6.07) is 4.81. The quantitative estimate of drug-likeness (QED) is 0.389. The second-order valence-electron chi connectivity index (χ2n) is 6.33. The van der Waals surface area contributed by atoms with Crippen molar-refractivity contribution in [3.63, 3.8) is 0 Å². The lowest BCUT2D eigenvalue weighted by Gasteiger charge is -2.35. The third-order valence-corrected chi connectivity index (χ3v) is 6.16. The Balaban J connectivity index is 2.11. The van der Waals surface area contributed by atoms with Gasteiger partial charge in [-0.2, -0.15) is 0 Å². The van der Waals surface area contributed by atoms with Gasteiger partial charge in [0.2, 0.25) is 0 Å². The summed E-state index contributed by atoms with van der Waals surface area (Å²) in [5.74, 6) is 2.02. The molecule has 0 N–H and O–H groups in total. The maximum absolute atomic E-state index is 10.8. The molecule has 5 heteroatoms. The minimum absolute atomic E-state index is 0.0582. The first kappa shape index (κ1) is 16.8. The van der Waals surface area contributed by atoms with Crippen molar-refractivity contribution in [1.29, 1.82) is 0 Å². The van der Waals surface area contributed by atoms with Crippen molar-refractivity contribution in [2.24, 2.45) is 17.8 Å². The zero-order valence-electron chi connectivity index (χ0n) is 12.4. The largest absolute Gasteiger partial charge is 0.270 e. The van der Waals surface area contributed by atoms with Crippen LogP contribution in [0.15, 0.2) is 18.2 Å². The molecule has 3 nitrogen and oxygen atoms in total. The van der Waals surface area contributed by atoms with E-state index < -0.39 is 4.92 Å². The van der Waals surface area contributed by atoms with E-state index in [4.69, 9.17) is 11.6 Å². The van der Waals surface area contributed by atoms with Gasteiger partial charge in [0.05, 0.1) is 9.95 Å². The van der Waals surface area contributed by atoms with Gasteiger partial charge in [0.25, 0.3) is 5.69 Å². The predicted molar refractivity (Wildman–Crippen MR) is 90.2 cm³/mol. The molecule has 3 atom stereocenters. The zero-order chi connectivity index (χ0) is 15.6. The van der Waals surface area contributed by atoms with Gasteiger partial charge in [-0.25, -0.2) is 0 Å². The molecule has 0 bridgehead atoms. The minimum atomic E-state index is -0.404. The first-order valence-corrected chi connectivity index (χ1v) is 8.74. The lowest BCUT2D eigenvalue weighted by Crippen LogP contribution is -2.29. The highest BCUT2D eigenvalue weighted by Gasteiger charge is 2.30. The minimum Gasteiger partial charge on any atom is -0.258 e. The van der Waals surface area contributed by atoms with E-state index >= 15 is 0 Å². The second-order valence-corrected chi connectivity index (χ2v) is 7.91. The van der Waals surface area contributed by atoms with Gasteiger partial charge in [0.15, 0.2) is 0 Å². The van der Waals surface area contributed by atoms with Gasteiger partial charge in [-0.3, -0.25) is 10.1 Å². The maximum Gasteiger partial charge on any atom is 0.270 e. The zero-order valence-corrected chi connectivity index (χ0v) is 14.7. The molecule has 21 heavy (non-hydrogen) atoms.